The van der Waals surface area contributed by atoms with Crippen molar-refractivity contribution in [2.75, 3.05) is 0 Å². The van der Waals surface area contributed by atoms with Gasteiger partial charge in [0.05, 0.1) is 27.8 Å². The van der Waals surface area contributed by atoms with Gasteiger partial charge in [-0.25, -0.2) is 9.97 Å². The first-order valence-electron chi connectivity index (χ1n) is 16.1. The van der Waals surface area contributed by atoms with Crippen LogP contribution in [0, 0.1) is 0 Å². The van der Waals surface area contributed by atoms with E-state index >= 15 is 0 Å². The van der Waals surface area contributed by atoms with Crippen molar-refractivity contribution in [3.05, 3.63) is 151 Å². The zero-order valence-electron chi connectivity index (χ0n) is 26.0. The number of hydrogen-bond acceptors (Lipinski definition) is 3. The lowest BCUT2D eigenvalue weighted by Gasteiger charge is -2.22. The summed E-state index contributed by atoms with van der Waals surface area (Å²) in [4.78, 5) is 10.7. The molecule has 0 unspecified atom stereocenters. The van der Waals surface area contributed by atoms with Crippen LogP contribution in [0.15, 0.2) is 144 Å². The molecule has 0 amide bonds. The number of nitrogens with zero attached hydrogens (tertiary/aromatic N) is 3. The van der Waals surface area contributed by atoms with Gasteiger partial charge in [0.15, 0.2) is 0 Å². The van der Waals surface area contributed by atoms with Crippen molar-refractivity contribution in [1.82, 2.24) is 14.5 Å². The fraction of sp³-hybridized carbons (Fsp3) is 0.0698. The first kappa shape index (κ1) is 26.2. The van der Waals surface area contributed by atoms with Crippen LogP contribution < -0.4 is 0 Å². The summed E-state index contributed by atoms with van der Waals surface area (Å²) >= 11 is 0. The summed E-state index contributed by atoms with van der Waals surface area (Å²) in [6, 6.07) is 48.8. The zero-order chi connectivity index (χ0) is 31.3. The predicted molar refractivity (Wildman–Crippen MR) is 192 cm³/mol. The van der Waals surface area contributed by atoms with Crippen molar-refractivity contribution in [2.24, 2.45) is 0 Å². The number of hydrogen-bond donors (Lipinski definition) is 0. The molecule has 1 aliphatic carbocycles. The van der Waals surface area contributed by atoms with Crippen LogP contribution in [0.5, 0.6) is 0 Å². The van der Waals surface area contributed by atoms with E-state index in [1.54, 1.807) is 0 Å². The fourth-order valence-electron chi connectivity index (χ4n) is 7.94. The van der Waals surface area contributed by atoms with E-state index in [2.05, 4.69) is 146 Å². The number of aromatic nitrogens is 3. The van der Waals surface area contributed by atoms with Crippen molar-refractivity contribution < 1.29 is 4.42 Å². The van der Waals surface area contributed by atoms with Gasteiger partial charge in [0.2, 0.25) is 5.95 Å². The lowest BCUT2D eigenvalue weighted by atomic mass is 9.80. The molecule has 0 bridgehead atoms. The maximum atomic E-state index is 6.87. The molecule has 0 spiro atoms. The molecular weight excluding hydrogens is 574 g/mol. The molecule has 222 valence electrons. The van der Waals surface area contributed by atoms with E-state index in [0.29, 0.717) is 5.95 Å². The van der Waals surface area contributed by atoms with E-state index < -0.39 is 0 Å². The average molecular weight is 604 g/mol. The number of para-hydroxylation sites is 2. The van der Waals surface area contributed by atoms with E-state index in [9.17, 15) is 0 Å². The predicted octanol–water partition coefficient (Wildman–Crippen LogP) is 11.1. The van der Waals surface area contributed by atoms with Gasteiger partial charge in [0.1, 0.15) is 11.2 Å². The van der Waals surface area contributed by atoms with E-state index in [1.165, 1.54) is 27.6 Å². The first-order chi connectivity index (χ1) is 23.1. The lowest BCUT2D eigenvalue weighted by molar-refractivity contribution is 0.659. The Bertz CT molecular complexity index is 2640. The largest absolute Gasteiger partial charge is 0.455 e. The third-order valence-corrected chi connectivity index (χ3v) is 9.98. The molecule has 0 saturated heterocycles. The van der Waals surface area contributed by atoms with Crippen molar-refractivity contribution in [1.29, 1.82) is 0 Å². The summed E-state index contributed by atoms with van der Waals surface area (Å²) in [5, 5.41) is 4.54. The van der Waals surface area contributed by atoms with E-state index in [4.69, 9.17) is 14.4 Å². The highest BCUT2D eigenvalue weighted by Crippen LogP contribution is 2.57. The number of furan rings is 1. The summed E-state index contributed by atoms with van der Waals surface area (Å²) in [5.74, 6) is 0.635. The van der Waals surface area contributed by atoms with Gasteiger partial charge in [-0.15, -0.1) is 0 Å². The quantitative estimate of drug-likeness (QED) is 0.202. The van der Waals surface area contributed by atoms with Crippen LogP contribution in [0.25, 0.3) is 83.3 Å². The average Bonchev–Trinajstić information content (AvgIpc) is 3.75. The second-order valence-corrected chi connectivity index (χ2v) is 13.0. The molecule has 4 nitrogen and oxygen atoms in total. The van der Waals surface area contributed by atoms with Crippen LogP contribution >= 0.6 is 0 Å². The van der Waals surface area contributed by atoms with Crippen LogP contribution in [-0.4, -0.2) is 14.5 Å². The molecule has 0 atom stereocenters. The summed E-state index contributed by atoms with van der Waals surface area (Å²) in [6.45, 7) is 4.69. The van der Waals surface area contributed by atoms with Crippen LogP contribution in [0.1, 0.15) is 25.0 Å². The summed E-state index contributed by atoms with van der Waals surface area (Å²) in [5.41, 5.74) is 12.6. The van der Waals surface area contributed by atoms with Crippen molar-refractivity contribution in [2.45, 2.75) is 19.3 Å². The van der Waals surface area contributed by atoms with Crippen LogP contribution in [0.2, 0.25) is 0 Å². The molecule has 6 aromatic carbocycles. The summed E-state index contributed by atoms with van der Waals surface area (Å²) in [7, 11) is 0. The van der Waals surface area contributed by atoms with Gasteiger partial charge < -0.3 is 4.42 Å². The van der Waals surface area contributed by atoms with E-state index in [0.717, 1.165) is 60.9 Å². The number of benzene rings is 6. The standard InChI is InChI=1S/C43H29N3O/c1-43(2)31-22-12-9-19-28(31)36-39(43)37-30-21-11-14-24-35(30)47-41(37)38-29-20-10-13-23-34(29)46(40(36)38)42-44-32(26-15-5-3-6-16-26)25-33(45-42)27-17-7-4-8-18-27/h3-25H,1-2H3. The molecule has 3 aromatic heterocycles. The normalized spacial score (nSPS) is 13.5. The second kappa shape index (κ2) is 9.51. The molecule has 9 aromatic rings. The van der Waals surface area contributed by atoms with Crippen molar-refractivity contribution in [3.63, 3.8) is 0 Å². The molecule has 0 saturated carbocycles. The highest BCUT2D eigenvalue weighted by atomic mass is 16.3. The minimum absolute atomic E-state index is 0.256. The van der Waals surface area contributed by atoms with Crippen LogP contribution in [-0.2, 0) is 5.41 Å². The highest BCUT2D eigenvalue weighted by molar-refractivity contribution is 6.29. The molecular formula is C43H29N3O. The van der Waals surface area contributed by atoms with Crippen molar-refractivity contribution in [3.8, 4) is 39.6 Å². The minimum atomic E-state index is -0.256. The molecule has 3 heterocycles. The molecule has 10 rings (SSSR count). The minimum Gasteiger partial charge on any atom is -0.455 e. The van der Waals surface area contributed by atoms with Crippen LogP contribution in [0.3, 0.4) is 0 Å². The second-order valence-electron chi connectivity index (χ2n) is 13.0. The smallest absolute Gasteiger partial charge is 0.235 e. The number of fused-ring (bicyclic) bond motifs is 12. The molecule has 4 heteroatoms. The monoisotopic (exact) mass is 603 g/mol. The van der Waals surface area contributed by atoms with E-state index in [1.807, 2.05) is 12.1 Å². The lowest BCUT2D eigenvalue weighted by Crippen LogP contribution is -2.15. The Morgan fingerprint density at radius 2 is 1.19 bits per heavy atom. The first-order valence-corrected chi connectivity index (χ1v) is 16.1. The third kappa shape index (κ3) is 3.58. The fourth-order valence-corrected chi connectivity index (χ4v) is 7.94. The Morgan fingerprint density at radius 1 is 0.596 bits per heavy atom. The van der Waals surface area contributed by atoms with E-state index in [-0.39, 0.29) is 5.41 Å². The van der Waals surface area contributed by atoms with Crippen LogP contribution in [0.4, 0.5) is 0 Å². The SMILES string of the molecule is CC1(C)c2ccccc2-c2c1c1c3ccccc3oc1c1c3ccccc3n(-c3nc(-c4ccccc4)cc(-c4ccccc4)n3)c21. The Kier molecular flexibility index (Phi) is 5.31. The van der Waals surface area contributed by atoms with Gasteiger partial charge >= 0.3 is 0 Å². The summed E-state index contributed by atoms with van der Waals surface area (Å²) in [6.07, 6.45) is 0. The molecule has 47 heavy (non-hydrogen) atoms. The topological polar surface area (TPSA) is 43.9 Å². The Morgan fingerprint density at radius 3 is 1.91 bits per heavy atom. The highest BCUT2D eigenvalue weighted by Gasteiger charge is 2.41. The third-order valence-electron chi connectivity index (χ3n) is 9.98. The number of rotatable bonds is 3. The molecule has 0 N–H and O–H groups in total. The Labute approximate surface area is 271 Å². The van der Waals surface area contributed by atoms with Gasteiger partial charge in [0, 0.05) is 38.3 Å². The maximum Gasteiger partial charge on any atom is 0.235 e. The molecule has 0 aliphatic heterocycles. The Hall–Kier alpha value is -6.00. The van der Waals surface area contributed by atoms with Gasteiger partial charge in [-0.1, -0.05) is 135 Å². The summed E-state index contributed by atoms with van der Waals surface area (Å²) < 4.78 is 9.16. The maximum absolute atomic E-state index is 6.87. The molecule has 1 aliphatic rings. The molecule has 0 fully saturated rings. The van der Waals surface area contributed by atoms with Gasteiger partial charge in [-0.2, -0.15) is 0 Å². The van der Waals surface area contributed by atoms with Crippen molar-refractivity contribution >= 4 is 43.7 Å². The van der Waals surface area contributed by atoms with Gasteiger partial charge in [-0.3, -0.25) is 4.57 Å². The molecule has 0 radical (unpaired) electrons. The Balaban J connectivity index is 1.44. The zero-order valence-corrected chi connectivity index (χ0v) is 26.0. The van der Waals surface area contributed by atoms with Gasteiger partial charge in [-0.05, 0) is 34.9 Å². The van der Waals surface area contributed by atoms with Gasteiger partial charge in [0.25, 0.3) is 0 Å².